The van der Waals surface area contributed by atoms with Crippen LogP contribution in [0, 0.1) is 0 Å². The summed E-state index contributed by atoms with van der Waals surface area (Å²) in [6.07, 6.45) is 3.04. The van der Waals surface area contributed by atoms with E-state index in [0.717, 1.165) is 12.1 Å². The van der Waals surface area contributed by atoms with Gasteiger partial charge in [0.2, 0.25) is 0 Å². The van der Waals surface area contributed by atoms with Gasteiger partial charge in [-0.05, 0) is 24.6 Å². The number of rotatable bonds is 3. The topological polar surface area (TPSA) is 80.0 Å². The highest BCUT2D eigenvalue weighted by Gasteiger charge is 2.02. The van der Waals surface area contributed by atoms with Crippen molar-refractivity contribution in [2.45, 2.75) is 13.3 Å². The number of amides is 1. The number of anilines is 1. The molecule has 2 heterocycles. The van der Waals surface area contributed by atoms with Crippen LogP contribution in [-0.4, -0.2) is 26.0 Å². The Balaban J connectivity index is 2.19. The highest BCUT2D eigenvalue weighted by Crippen LogP contribution is 2.09. The molecule has 2 N–H and O–H groups in total. The zero-order valence-corrected chi connectivity index (χ0v) is 9.29. The average Bonchev–Trinajstić information content (AvgIpc) is 2.78. The van der Waals surface area contributed by atoms with E-state index in [1.807, 2.05) is 19.2 Å². The Kier molecular flexibility index (Phi) is 3.04. The molecule has 0 fully saturated rings. The number of carboxylic acid groups (broad SMARTS) is 1. The van der Waals surface area contributed by atoms with Gasteiger partial charge in [-0.2, -0.15) is 5.10 Å². The summed E-state index contributed by atoms with van der Waals surface area (Å²) in [5.74, 6) is 0.653. The van der Waals surface area contributed by atoms with Crippen molar-refractivity contribution in [1.29, 1.82) is 0 Å². The number of pyridine rings is 1. The maximum atomic E-state index is 10.4. The molecule has 0 aliphatic heterocycles. The van der Waals surface area contributed by atoms with E-state index in [9.17, 15) is 4.79 Å². The van der Waals surface area contributed by atoms with Crippen LogP contribution in [0.3, 0.4) is 0 Å². The molecule has 6 heteroatoms. The monoisotopic (exact) mass is 232 g/mol. The predicted octanol–water partition coefficient (Wildman–Crippen LogP) is 1.92. The number of nitrogens with one attached hydrogen (secondary N) is 1. The van der Waals surface area contributed by atoms with Gasteiger partial charge in [0, 0.05) is 6.20 Å². The summed E-state index contributed by atoms with van der Waals surface area (Å²) < 4.78 is 1.66. The summed E-state index contributed by atoms with van der Waals surface area (Å²) in [6.45, 7) is 2.03. The van der Waals surface area contributed by atoms with Crippen LogP contribution in [-0.2, 0) is 6.42 Å². The van der Waals surface area contributed by atoms with Crippen molar-refractivity contribution in [3.05, 3.63) is 36.3 Å². The molecule has 0 radical (unpaired) electrons. The fraction of sp³-hybridized carbons (Fsp3) is 0.182. The first-order valence-corrected chi connectivity index (χ1v) is 5.20. The van der Waals surface area contributed by atoms with Gasteiger partial charge in [0.1, 0.15) is 0 Å². The zero-order valence-electron chi connectivity index (χ0n) is 9.29. The van der Waals surface area contributed by atoms with Gasteiger partial charge in [0.05, 0.1) is 17.6 Å². The first-order chi connectivity index (χ1) is 8.19. The van der Waals surface area contributed by atoms with E-state index in [1.165, 1.54) is 6.20 Å². The van der Waals surface area contributed by atoms with Crippen LogP contribution < -0.4 is 5.32 Å². The lowest BCUT2D eigenvalue weighted by atomic mass is 10.4. The molecule has 17 heavy (non-hydrogen) atoms. The smallest absolute Gasteiger partial charge is 0.409 e. The number of aryl methyl sites for hydroxylation is 1. The number of hydrogen-bond acceptors (Lipinski definition) is 3. The van der Waals surface area contributed by atoms with Crippen molar-refractivity contribution >= 4 is 11.8 Å². The molecule has 0 aliphatic rings. The summed E-state index contributed by atoms with van der Waals surface area (Å²) >= 11 is 0. The maximum Gasteiger partial charge on any atom is 0.409 e. The van der Waals surface area contributed by atoms with Crippen molar-refractivity contribution in [3.8, 4) is 5.82 Å². The van der Waals surface area contributed by atoms with Crippen LogP contribution in [0.5, 0.6) is 0 Å². The molecule has 2 aromatic heterocycles. The Bertz CT molecular complexity index is 519. The van der Waals surface area contributed by atoms with Gasteiger partial charge in [-0.15, -0.1) is 0 Å². The quantitative estimate of drug-likeness (QED) is 0.847. The molecule has 2 rings (SSSR count). The minimum atomic E-state index is -1.10. The average molecular weight is 232 g/mol. The Hall–Kier alpha value is -2.37. The third-order valence-corrected chi connectivity index (χ3v) is 2.24. The second-order valence-corrected chi connectivity index (χ2v) is 3.44. The molecule has 0 aromatic carbocycles. The van der Waals surface area contributed by atoms with E-state index in [0.29, 0.717) is 11.5 Å². The predicted molar refractivity (Wildman–Crippen MR) is 62.4 cm³/mol. The first kappa shape index (κ1) is 11.1. The lowest BCUT2D eigenvalue weighted by Gasteiger charge is -2.02. The summed E-state index contributed by atoms with van der Waals surface area (Å²) in [5, 5.41) is 15.1. The van der Waals surface area contributed by atoms with Crippen LogP contribution in [0.25, 0.3) is 5.82 Å². The number of hydrogen-bond donors (Lipinski definition) is 2. The van der Waals surface area contributed by atoms with Crippen LogP contribution in [0.1, 0.15) is 12.6 Å². The van der Waals surface area contributed by atoms with E-state index in [1.54, 1.807) is 16.8 Å². The summed E-state index contributed by atoms with van der Waals surface area (Å²) in [7, 11) is 0. The Morgan fingerprint density at radius 3 is 2.82 bits per heavy atom. The largest absolute Gasteiger partial charge is 0.465 e. The maximum absolute atomic E-state index is 10.4. The minimum Gasteiger partial charge on any atom is -0.465 e. The van der Waals surface area contributed by atoms with Gasteiger partial charge in [0.25, 0.3) is 0 Å². The SMILES string of the molecule is CCc1ccn(-c2ccc(NC(=O)O)cn2)n1. The number of aromatic nitrogens is 3. The highest BCUT2D eigenvalue weighted by atomic mass is 16.4. The summed E-state index contributed by atoms with van der Waals surface area (Å²) in [5.41, 5.74) is 1.42. The van der Waals surface area contributed by atoms with Crippen molar-refractivity contribution in [1.82, 2.24) is 14.8 Å². The fourth-order valence-corrected chi connectivity index (χ4v) is 1.40. The summed E-state index contributed by atoms with van der Waals surface area (Å²) in [6, 6.07) is 5.27. The lowest BCUT2D eigenvalue weighted by molar-refractivity contribution is 0.209. The zero-order chi connectivity index (χ0) is 12.3. The van der Waals surface area contributed by atoms with Gasteiger partial charge in [0.15, 0.2) is 5.82 Å². The normalized spacial score (nSPS) is 10.2. The number of nitrogens with zero attached hydrogens (tertiary/aromatic N) is 3. The highest BCUT2D eigenvalue weighted by molar-refractivity contribution is 5.82. The Labute approximate surface area is 97.9 Å². The number of carbonyl (C=O) groups is 1. The molecular weight excluding hydrogens is 220 g/mol. The lowest BCUT2D eigenvalue weighted by Crippen LogP contribution is -2.08. The van der Waals surface area contributed by atoms with Gasteiger partial charge in [-0.25, -0.2) is 14.5 Å². The summed E-state index contributed by atoms with van der Waals surface area (Å²) in [4.78, 5) is 14.5. The molecular formula is C11H12N4O2. The van der Waals surface area contributed by atoms with Gasteiger partial charge in [-0.1, -0.05) is 6.92 Å². The van der Waals surface area contributed by atoms with Crippen molar-refractivity contribution in [2.75, 3.05) is 5.32 Å². The second kappa shape index (κ2) is 4.65. The van der Waals surface area contributed by atoms with E-state index >= 15 is 0 Å². The Morgan fingerprint density at radius 2 is 2.29 bits per heavy atom. The van der Waals surface area contributed by atoms with E-state index < -0.39 is 6.09 Å². The van der Waals surface area contributed by atoms with Gasteiger partial charge < -0.3 is 5.11 Å². The van der Waals surface area contributed by atoms with Crippen LogP contribution in [0.2, 0.25) is 0 Å². The van der Waals surface area contributed by atoms with Crippen molar-refractivity contribution < 1.29 is 9.90 Å². The molecule has 0 unspecified atom stereocenters. The molecule has 6 nitrogen and oxygen atoms in total. The molecule has 0 aliphatic carbocycles. The molecule has 0 saturated carbocycles. The molecule has 2 aromatic rings. The minimum absolute atomic E-state index is 0.434. The van der Waals surface area contributed by atoms with Crippen LogP contribution >= 0.6 is 0 Å². The molecule has 0 bridgehead atoms. The van der Waals surface area contributed by atoms with Crippen LogP contribution in [0.15, 0.2) is 30.6 Å². The molecule has 0 spiro atoms. The molecule has 0 saturated heterocycles. The first-order valence-electron chi connectivity index (χ1n) is 5.20. The third-order valence-electron chi connectivity index (χ3n) is 2.24. The van der Waals surface area contributed by atoms with E-state index in [2.05, 4.69) is 15.4 Å². The third kappa shape index (κ3) is 2.60. The van der Waals surface area contributed by atoms with Gasteiger partial charge in [-0.3, -0.25) is 5.32 Å². The van der Waals surface area contributed by atoms with E-state index in [-0.39, 0.29) is 0 Å². The second-order valence-electron chi connectivity index (χ2n) is 3.44. The van der Waals surface area contributed by atoms with Gasteiger partial charge >= 0.3 is 6.09 Å². The van der Waals surface area contributed by atoms with Crippen LogP contribution in [0.4, 0.5) is 10.5 Å². The standard InChI is InChI=1S/C11H12N4O2/c1-2-8-5-6-15(14-8)10-4-3-9(7-12-10)13-11(16)17/h3-7,13H,2H2,1H3,(H,16,17). The van der Waals surface area contributed by atoms with Crippen molar-refractivity contribution in [3.63, 3.8) is 0 Å². The molecule has 88 valence electrons. The fourth-order valence-electron chi connectivity index (χ4n) is 1.40. The Morgan fingerprint density at radius 1 is 1.47 bits per heavy atom. The van der Waals surface area contributed by atoms with Crippen molar-refractivity contribution in [2.24, 2.45) is 0 Å². The molecule has 1 amide bonds. The van der Waals surface area contributed by atoms with E-state index in [4.69, 9.17) is 5.11 Å². The molecule has 0 atom stereocenters.